The molecule has 2 fully saturated rings. The number of aromatic nitrogens is 1. The van der Waals surface area contributed by atoms with E-state index in [-0.39, 0.29) is 12.5 Å². The van der Waals surface area contributed by atoms with Gasteiger partial charge in [0, 0.05) is 31.2 Å². The molecule has 0 saturated heterocycles. The highest BCUT2D eigenvalue weighted by Crippen LogP contribution is 2.44. The average molecular weight is 350 g/mol. The first-order valence-corrected chi connectivity index (χ1v) is 9.55. The number of carbonyl (C=O) groups excluding carboxylic acids is 1. The van der Waals surface area contributed by atoms with E-state index in [1.807, 2.05) is 12.3 Å². The van der Waals surface area contributed by atoms with Crippen LogP contribution in [-0.2, 0) is 11.3 Å². The van der Waals surface area contributed by atoms with Crippen LogP contribution in [0.3, 0.4) is 0 Å². The van der Waals surface area contributed by atoms with Gasteiger partial charge in [-0.15, -0.1) is 11.3 Å². The zero-order chi connectivity index (χ0) is 17.1. The van der Waals surface area contributed by atoms with Crippen LogP contribution in [0.5, 0.6) is 0 Å². The molecule has 2 N–H and O–H groups in total. The van der Waals surface area contributed by atoms with Crippen LogP contribution >= 0.6 is 11.3 Å². The first-order chi connectivity index (χ1) is 11.5. The number of thiazole rings is 1. The predicted octanol–water partition coefficient (Wildman–Crippen LogP) is 1.76. The summed E-state index contributed by atoms with van der Waals surface area (Å²) in [6, 6.07) is 0.488. The molecule has 6 nitrogen and oxygen atoms in total. The second-order valence-corrected chi connectivity index (χ2v) is 8.06. The lowest BCUT2D eigenvalue weighted by Gasteiger charge is -2.25. The number of hydrogen-bond acceptors (Lipinski definition) is 4. The third-order valence-electron chi connectivity index (χ3n) is 5.01. The average Bonchev–Trinajstić information content (AvgIpc) is 3.26. The molecule has 2 saturated carbocycles. The van der Waals surface area contributed by atoms with Gasteiger partial charge in [-0.3, -0.25) is 4.79 Å². The number of amides is 1. The molecule has 0 spiro atoms. The van der Waals surface area contributed by atoms with E-state index in [4.69, 9.17) is 0 Å². The Kier molecular flexibility index (Phi) is 5.38. The van der Waals surface area contributed by atoms with Crippen molar-refractivity contribution in [1.29, 1.82) is 0 Å². The molecule has 3 rings (SSSR count). The predicted molar refractivity (Wildman–Crippen MR) is 97.1 cm³/mol. The molecule has 2 aliphatic rings. The quantitative estimate of drug-likeness (QED) is 0.628. The van der Waals surface area contributed by atoms with E-state index in [0.717, 1.165) is 28.5 Å². The van der Waals surface area contributed by atoms with E-state index in [2.05, 4.69) is 20.6 Å². The second-order valence-electron chi connectivity index (χ2n) is 7.11. The Hall–Kier alpha value is -1.63. The van der Waals surface area contributed by atoms with Crippen molar-refractivity contribution in [1.82, 2.24) is 20.5 Å². The fraction of sp³-hybridized carbons (Fsp3) is 0.706. The van der Waals surface area contributed by atoms with Gasteiger partial charge >= 0.3 is 0 Å². The van der Waals surface area contributed by atoms with Crippen LogP contribution in [0, 0.1) is 18.8 Å². The zero-order valence-electron chi connectivity index (χ0n) is 14.7. The first kappa shape index (κ1) is 17.2. The lowest BCUT2D eigenvalue weighted by atomic mass is 9.95. The number of rotatable bonds is 5. The van der Waals surface area contributed by atoms with Gasteiger partial charge in [-0.25, -0.2) is 9.98 Å². The molecular formula is C17H27N5OS. The maximum Gasteiger partial charge on any atom is 0.243 e. The Morgan fingerprint density at radius 2 is 2.25 bits per heavy atom. The van der Waals surface area contributed by atoms with E-state index >= 15 is 0 Å². The summed E-state index contributed by atoms with van der Waals surface area (Å²) in [6.07, 6.45) is 5.26. The Bertz CT molecular complexity index is 612. The van der Waals surface area contributed by atoms with Gasteiger partial charge in [0.15, 0.2) is 5.96 Å². The minimum Gasteiger partial charge on any atom is -0.353 e. The van der Waals surface area contributed by atoms with Crippen molar-refractivity contribution >= 4 is 23.2 Å². The van der Waals surface area contributed by atoms with Crippen LogP contribution in [0.4, 0.5) is 0 Å². The van der Waals surface area contributed by atoms with Crippen molar-refractivity contribution < 1.29 is 4.79 Å². The summed E-state index contributed by atoms with van der Waals surface area (Å²) in [6.45, 7) is 2.81. The maximum absolute atomic E-state index is 11.8. The van der Waals surface area contributed by atoms with Crippen molar-refractivity contribution in [2.24, 2.45) is 16.8 Å². The third kappa shape index (κ3) is 4.26. The highest BCUT2D eigenvalue weighted by molar-refractivity contribution is 7.09. The van der Waals surface area contributed by atoms with Crippen molar-refractivity contribution in [3.8, 4) is 0 Å². The van der Waals surface area contributed by atoms with Gasteiger partial charge in [0.1, 0.15) is 11.6 Å². The number of likely N-dealkylation sites (N-methyl/N-ethyl adjacent to an activating group) is 1. The molecule has 2 bridgehead atoms. The molecular weight excluding hydrogens is 322 g/mol. The molecule has 132 valence electrons. The van der Waals surface area contributed by atoms with Crippen LogP contribution in [0.1, 0.15) is 36.4 Å². The summed E-state index contributed by atoms with van der Waals surface area (Å²) >= 11 is 1.64. The smallest absolute Gasteiger partial charge is 0.243 e. The van der Waals surface area contributed by atoms with Gasteiger partial charge in [-0.05, 0) is 38.0 Å². The summed E-state index contributed by atoms with van der Waals surface area (Å²) < 4.78 is 0. The highest BCUT2D eigenvalue weighted by atomic mass is 32.1. The summed E-state index contributed by atoms with van der Waals surface area (Å²) in [5, 5.41) is 9.99. The molecule has 3 unspecified atom stereocenters. The normalized spacial score (nSPS) is 25.8. The van der Waals surface area contributed by atoms with E-state index in [1.54, 1.807) is 30.3 Å². The lowest BCUT2D eigenvalue weighted by molar-refractivity contribution is -0.127. The van der Waals surface area contributed by atoms with Crippen LogP contribution in [0.2, 0.25) is 0 Å². The van der Waals surface area contributed by atoms with Crippen molar-refractivity contribution in [2.45, 2.75) is 45.2 Å². The molecule has 3 atom stereocenters. The third-order valence-corrected chi connectivity index (χ3v) is 5.97. The highest BCUT2D eigenvalue weighted by Gasteiger charge is 2.39. The topological polar surface area (TPSA) is 69.6 Å². The number of fused-ring (bicyclic) bond motifs is 2. The molecule has 0 radical (unpaired) electrons. The number of guanidine groups is 1. The van der Waals surface area contributed by atoms with Gasteiger partial charge in [-0.2, -0.15) is 0 Å². The largest absolute Gasteiger partial charge is 0.353 e. The van der Waals surface area contributed by atoms with Crippen LogP contribution in [0.15, 0.2) is 10.4 Å². The van der Waals surface area contributed by atoms with E-state index < -0.39 is 0 Å². The lowest BCUT2D eigenvalue weighted by Crippen LogP contribution is -2.45. The Morgan fingerprint density at radius 3 is 2.83 bits per heavy atom. The summed E-state index contributed by atoms with van der Waals surface area (Å²) in [4.78, 5) is 22.4. The molecule has 1 aromatic rings. The Labute approximate surface area is 147 Å². The monoisotopic (exact) mass is 349 g/mol. The zero-order valence-corrected chi connectivity index (χ0v) is 15.5. The minimum atomic E-state index is 0.00846. The van der Waals surface area contributed by atoms with Crippen molar-refractivity contribution in [3.05, 3.63) is 16.1 Å². The minimum absolute atomic E-state index is 0.00846. The summed E-state index contributed by atoms with van der Waals surface area (Å²) in [7, 11) is 3.51. The molecule has 2 aliphatic carbocycles. The van der Waals surface area contributed by atoms with Gasteiger partial charge < -0.3 is 15.5 Å². The molecule has 1 amide bonds. The Morgan fingerprint density at radius 1 is 1.42 bits per heavy atom. The number of hydrogen-bond donors (Lipinski definition) is 2. The molecule has 1 heterocycles. The molecule has 1 aromatic heterocycles. The fourth-order valence-electron chi connectivity index (χ4n) is 3.68. The SMILES string of the molecule is Cc1csc(CNC(=NCC(=O)N(C)C)NC2CC3CCC2C3)n1. The van der Waals surface area contributed by atoms with E-state index in [9.17, 15) is 4.79 Å². The standard InChI is InChI=1S/C17H27N5OS/c1-11-10-24-15(20-11)8-18-17(19-9-16(23)22(2)3)21-14-7-12-4-5-13(14)6-12/h10,12-14H,4-9H2,1-3H3,(H2,18,19,21). The van der Waals surface area contributed by atoms with Gasteiger partial charge in [0.05, 0.1) is 6.54 Å². The first-order valence-electron chi connectivity index (χ1n) is 8.67. The van der Waals surface area contributed by atoms with E-state index in [0.29, 0.717) is 12.6 Å². The van der Waals surface area contributed by atoms with Crippen LogP contribution in [0.25, 0.3) is 0 Å². The molecule has 7 heteroatoms. The maximum atomic E-state index is 11.8. The fourth-order valence-corrected chi connectivity index (χ4v) is 4.39. The number of aliphatic imine (C=N–C) groups is 1. The van der Waals surface area contributed by atoms with Gasteiger partial charge in [0.25, 0.3) is 0 Å². The summed E-state index contributed by atoms with van der Waals surface area (Å²) in [5.74, 6) is 2.37. The number of carbonyl (C=O) groups is 1. The van der Waals surface area contributed by atoms with Crippen LogP contribution in [-0.4, -0.2) is 48.4 Å². The van der Waals surface area contributed by atoms with E-state index in [1.165, 1.54) is 25.7 Å². The molecule has 0 aromatic carbocycles. The summed E-state index contributed by atoms with van der Waals surface area (Å²) in [5.41, 5.74) is 1.04. The second kappa shape index (κ2) is 7.51. The van der Waals surface area contributed by atoms with Crippen molar-refractivity contribution in [2.75, 3.05) is 20.6 Å². The molecule has 0 aliphatic heterocycles. The van der Waals surface area contributed by atoms with Gasteiger partial charge in [-0.1, -0.05) is 6.42 Å². The van der Waals surface area contributed by atoms with Crippen molar-refractivity contribution in [3.63, 3.8) is 0 Å². The number of nitrogens with one attached hydrogen (secondary N) is 2. The number of aryl methyl sites for hydroxylation is 1. The number of nitrogens with zero attached hydrogens (tertiary/aromatic N) is 3. The Balaban J connectivity index is 1.61. The van der Waals surface area contributed by atoms with Gasteiger partial charge in [0.2, 0.25) is 5.91 Å². The van der Waals surface area contributed by atoms with Crippen LogP contribution < -0.4 is 10.6 Å². The molecule has 24 heavy (non-hydrogen) atoms.